The number of hydrogen-bond donors (Lipinski definition) is 0. The van der Waals surface area contributed by atoms with Gasteiger partial charge in [-0.1, -0.05) is 0 Å². The highest BCUT2D eigenvalue weighted by molar-refractivity contribution is 5.80. The number of imidazole rings is 1. The second kappa shape index (κ2) is 6.48. The molecule has 0 aliphatic carbocycles. The van der Waals surface area contributed by atoms with Gasteiger partial charge in [-0.3, -0.25) is 9.69 Å². The fourth-order valence-electron chi connectivity index (χ4n) is 4.72. The molecule has 0 aromatic carbocycles. The summed E-state index contributed by atoms with van der Waals surface area (Å²) in [6.45, 7) is 6.16. The molecular weight excluding hydrogens is 304 g/mol. The minimum absolute atomic E-state index is 0.100. The Balaban J connectivity index is 1.53. The van der Waals surface area contributed by atoms with E-state index in [0.717, 1.165) is 77.4 Å². The van der Waals surface area contributed by atoms with Crippen molar-refractivity contribution < 1.29 is 9.53 Å². The predicted molar refractivity (Wildman–Crippen MR) is 90.3 cm³/mol. The van der Waals surface area contributed by atoms with Crippen molar-refractivity contribution in [2.45, 2.75) is 32.2 Å². The van der Waals surface area contributed by atoms with Crippen LogP contribution in [-0.2, 0) is 23.1 Å². The molecule has 4 rings (SSSR count). The van der Waals surface area contributed by atoms with Gasteiger partial charge in [-0.05, 0) is 25.7 Å². The normalized spacial score (nSPS) is 27.2. The van der Waals surface area contributed by atoms with E-state index in [1.807, 2.05) is 19.4 Å². The number of rotatable bonds is 3. The molecular formula is C18H28N4O2. The Morgan fingerprint density at radius 1 is 1.33 bits per heavy atom. The number of aromatic nitrogens is 2. The summed E-state index contributed by atoms with van der Waals surface area (Å²) in [6.07, 6.45) is 8.17. The van der Waals surface area contributed by atoms with Crippen LogP contribution in [0.5, 0.6) is 0 Å². The number of carbonyl (C=O) groups excluding carboxylic acids is 1. The number of carbonyl (C=O) groups is 1. The number of ether oxygens (including phenoxy) is 1. The molecule has 3 aliphatic heterocycles. The Bertz CT molecular complexity index is 588. The lowest BCUT2D eigenvalue weighted by molar-refractivity contribution is -0.139. The van der Waals surface area contributed by atoms with Crippen LogP contribution in [0.2, 0.25) is 0 Å². The maximum Gasteiger partial charge on any atom is 0.227 e. The van der Waals surface area contributed by atoms with Gasteiger partial charge >= 0.3 is 0 Å². The lowest BCUT2D eigenvalue weighted by atomic mass is 9.71. The molecule has 3 fully saturated rings. The van der Waals surface area contributed by atoms with Gasteiger partial charge in [0.2, 0.25) is 5.91 Å². The Morgan fingerprint density at radius 2 is 2.08 bits per heavy atom. The number of nitrogens with zero attached hydrogens (tertiary/aromatic N) is 4. The van der Waals surface area contributed by atoms with Gasteiger partial charge in [0.05, 0.1) is 12.5 Å². The monoisotopic (exact) mass is 332 g/mol. The molecule has 0 saturated carbocycles. The van der Waals surface area contributed by atoms with Crippen molar-refractivity contribution in [3.63, 3.8) is 0 Å². The maximum absolute atomic E-state index is 13.2. The third-order valence-electron chi connectivity index (χ3n) is 6.21. The van der Waals surface area contributed by atoms with E-state index < -0.39 is 0 Å². The van der Waals surface area contributed by atoms with E-state index in [1.165, 1.54) is 0 Å². The van der Waals surface area contributed by atoms with Gasteiger partial charge < -0.3 is 14.2 Å². The third-order valence-corrected chi connectivity index (χ3v) is 6.21. The van der Waals surface area contributed by atoms with E-state index in [9.17, 15) is 4.79 Å². The SMILES string of the molecule is Cn1ccnc1CN1C[C@@H](C(=O)N2CCCC2)C2(CCOCC2)C1. The van der Waals surface area contributed by atoms with Crippen LogP contribution in [0.3, 0.4) is 0 Å². The van der Waals surface area contributed by atoms with Crippen molar-refractivity contribution in [3.05, 3.63) is 18.2 Å². The Morgan fingerprint density at radius 3 is 2.75 bits per heavy atom. The van der Waals surface area contributed by atoms with Gasteiger partial charge in [0.1, 0.15) is 5.82 Å². The maximum atomic E-state index is 13.2. The Hall–Kier alpha value is -1.40. The van der Waals surface area contributed by atoms with Gasteiger partial charge in [-0.15, -0.1) is 0 Å². The zero-order valence-electron chi connectivity index (χ0n) is 14.6. The molecule has 0 bridgehead atoms. The van der Waals surface area contributed by atoms with E-state index in [0.29, 0.717) is 5.91 Å². The van der Waals surface area contributed by atoms with Gasteiger partial charge in [-0.2, -0.15) is 0 Å². The van der Waals surface area contributed by atoms with Crippen molar-refractivity contribution >= 4 is 5.91 Å². The lowest BCUT2D eigenvalue weighted by Gasteiger charge is -2.38. The van der Waals surface area contributed by atoms with Crippen LogP contribution in [0.4, 0.5) is 0 Å². The first kappa shape index (κ1) is 16.1. The first-order valence-corrected chi connectivity index (χ1v) is 9.23. The van der Waals surface area contributed by atoms with Crippen LogP contribution in [0.25, 0.3) is 0 Å². The minimum Gasteiger partial charge on any atom is -0.381 e. The van der Waals surface area contributed by atoms with Gasteiger partial charge in [-0.25, -0.2) is 4.98 Å². The summed E-state index contributed by atoms with van der Waals surface area (Å²) in [6, 6.07) is 0. The van der Waals surface area contributed by atoms with Crippen LogP contribution in [0, 0.1) is 11.3 Å². The summed E-state index contributed by atoms with van der Waals surface area (Å²) in [4.78, 5) is 22.2. The van der Waals surface area contributed by atoms with Crippen LogP contribution < -0.4 is 0 Å². The fraction of sp³-hybridized carbons (Fsp3) is 0.778. The second-order valence-electron chi connectivity index (χ2n) is 7.68. The van der Waals surface area contributed by atoms with Crippen molar-refractivity contribution in [2.24, 2.45) is 18.4 Å². The van der Waals surface area contributed by atoms with Crippen molar-refractivity contribution in [1.29, 1.82) is 0 Å². The molecule has 1 aromatic rings. The summed E-state index contributed by atoms with van der Waals surface area (Å²) in [5, 5.41) is 0. The molecule has 0 N–H and O–H groups in total. The van der Waals surface area contributed by atoms with E-state index in [-0.39, 0.29) is 11.3 Å². The molecule has 1 spiro atoms. The van der Waals surface area contributed by atoms with Crippen molar-refractivity contribution in [1.82, 2.24) is 19.4 Å². The van der Waals surface area contributed by atoms with E-state index in [1.54, 1.807) is 0 Å². The molecule has 132 valence electrons. The molecule has 0 radical (unpaired) electrons. The molecule has 1 atom stereocenters. The van der Waals surface area contributed by atoms with Gasteiger partial charge in [0.15, 0.2) is 0 Å². The highest BCUT2D eigenvalue weighted by atomic mass is 16.5. The average Bonchev–Trinajstić information content (AvgIpc) is 3.31. The Labute approximate surface area is 143 Å². The minimum atomic E-state index is 0.100. The van der Waals surface area contributed by atoms with Crippen LogP contribution in [0.1, 0.15) is 31.5 Å². The number of aryl methyl sites for hydroxylation is 1. The molecule has 4 heterocycles. The van der Waals surface area contributed by atoms with E-state index in [4.69, 9.17) is 4.74 Å². The molecule has 3 saturated heterocycles. The molecule has 1 aromatic heterocycles. The number of likely N-dealkylation sites (tertiary alicyclic amines) is 2. The molecule has 1 amide bonds. The molecule has 3 aliphatic rings. The molecule has 6 nitrogen and oxygen atoms in total. The highest BCUT2D eigenvalue weighted by Crippen LogP contribution is 2.45. The standard InChI is InChI=1S/C18H28N4O2/c1-20-9-6-19-16(20)13-21-12-15(17(23)22-7-2-3-8-22)18(14-21)4-10-24-11-5-18/h6,9,15H,2-5,7-8,10-14H2,1H3/t15-/m0/s1. The molecule has 0 unspecified atom stereocenters. The summed E-state index contributed by atoms with van der Waals surface area (Å²) in [5.41, 5.74) is 0.100. The highest BCUT2D eigenvalue weighted by Gasteiger charge is 2.51. The summed E-state index contributed by atoms with van der Waals surface area (Å²) in [7, 11) is 2.04. The van der Waals surface area contributed by atoms with Crippen LogP contribution in [-0.4, -0.2) is 64.7 Å². The second-order valence-corrected chi connectivity index (χ2v) is 7.68. The number of amides is 1. The topological polar surface area (TPSA) is 50.6 Å². The summed E-state index contributed by atoms with van der Waals surface area (Å²) >= 11 is 0. The first-order chi connectivity index (χ1) is 11.7. The zero-order valence-corrected chi connectivity index (χ0v) is 14.6. The van der Waals surface area contributed by atoms with Crippen LogP contribution >= 0.6 is 0 Å². The van der Waals surface area contributed by atoms with E-state index >= 15 is 0 Å². The van der Waals surface area contributed by atoms with Crippen LogP contribution in [0.15, 0.2) is 12.4 Å². The van der Waals surface area contributed by atoms with Crippen molar-refractivity contribution in [3.8, 4) is 0 Å². The summed E-state index contributed by atoms with van der Waals surface area (Å²) < 4.78 is 7.69. The van der Waals surface area contributed by atoms with Crippen molar-refractivity contribution in [2.75, 3.05) is 39.4 Å². The smallest absolute Gasteiger partial charge is 0.227 e. The van der Waals surface area contributed by atoms with Gasteiger partial charge in [0.25, 0.3) is 0 Å². The lowest BCUT2D eigenvalue weighted by Crippen LogP contribution is -2.45. The fourth-order valence-corrected chi connectivity index (χ4v) is 4.72. The first-order valence-electron chi connectivity index (χ1n) is 9.23. The zero-order chi connectivity index (χ0) is 16.6. The largest absolute Gasteiger partial charge is 0.381 e. The van der Waals surface area contributed by atoms with E-state index in [2.05, 4.69) is 19.4 Å². The third kappa shape index (κ3) is 2.86. The predicted octanol–water partition coefficient (Wildman–Crippen LogP) is 1.27. The summed E-state index contributed by atoms with van der Waals surface area (Å²) in [5.74, 6) is 1.59. The molecule has 6 heteroatoms. The average molecular weight is 332 g/mol. The Kier molecular flexibility index (Phi) is 4.35. The number of hydrogen-bond acceptors (Lipinski definition) is 4. The van der Waals surface area contributed by atoms with Gasteiger partial charge in [0, 0.05) is 64.2 Å². The molecule has 24 heavy (non-hydrogen) atoms. The quantitative estimate of drug-likeness (QED) is 0.836.